The van der Waals surface area contributed by atoms with Gasteiger partial charge in [-0.05, 0) is 30.7 Å². The Kier molecular flexibility index (Phi) is 6.71. The summed E-state index contributed by atoms with van der Waals surface area (Å²) in [6.45, 7) is 0.294. The standard InChI is InChI=1S/C12H18NO5PS/c13-6-1-7-19(17,18)12(16)9-2-4-10(5-3-9)20-8-11(14)15/h2-5,12,16H,1,6-8,13H2,(H,14,15)(H,17,18). The van der Waals surface area contributed by atoms with Crippen LogP contribution < -0.4 is 5.73 Å². The Hall–Kier alpha value is -0.850. The molecule has 0 radical (unpaired) electrons. The van der Waals surface area contributed by atoms with E-state index >= 15 is 0 Å². The van der Waals surface area contributed by atoms with Crippen molar-refractivity contribution in [3.05, 3.63) is 29.8 Å². The molecule has 8 heteroatoms. The van der Waals surface area contributed by atoms with E-state index in [1.165, 1.54) is 12.1 Å². The van der Waals surface area contributed by atoms with Crippen LogP contribution in [0.3, 0.4) is 0 Å². The van der Waals surface area contributed by atoms with Crippen LogP contribution in [0.15, 0.2) is 29.2 Å². The molecule has 0 amide bonds. The predicted octanol–water partition coefficient (Wildman–Crippen LogP) is 1.47. The predicted molar refractivity (Wildman–Crippen MR) is 78.1 cm³/mol. The van der Waals surface area contributed by atoms with E-state index in [4.69, 9.17) is 10.8 Å². The SMILES string of the molecule is NCCCP(=O)(O)C(O)c1ccc(SCC(=O)O)cc1. The van der Waals surface area contributed by atoms with Crippen LogP contribution in [-0.2, 0) is 9.36 Å². The van der Waals surface area contributed by atoms with Crippen molar-refractivity contribution in [1.82, 2.24) is 0 Å². The van der Waals surface area contributed by atoms with Crippen LogP contribution in [-0.4, -0.2) is 39.5 Å². The van der Waals surface area contributed by atoms with Gasteiger partial charge < -0.3 is 20.8 Å². The fourth-order valence-electron chi connectivity index (χ4n) is 1.55. The van der Waals surface area contributed by atoms with E-state index in [1.807, 2.05) is 0 Å². The maximum absolute atomic E-state index is 11.9. The van der Waals surface area contributed by atoms with Gasteiger partial charge in [-0.2, -0.15) is 0 Å². The summed E-state index contributed by atoms with van der Waals surface area (Å²) in [5.41, 5.74) is 5.63. The van der Waals surface area contributed by atoms with Crippen LogP contribution in [0.2, 0.25) is 0 Å². The molecule has 0 saturated carbocycles. The van der Waals surface area contributed by atoms with Crippen LogP contribution in [0, 0.1) is 0 Å². The number of hydrogen-bond acceptors (Lipinski definition) is 5. The molecule has 0 aliphatic heterocycles. The van der Waals surface area contributed by atoms with Crippen molar-refractivity contribution in [2.24, 2.45) is 5.73 Å². The maximum Gasteiger partial charge on any atom is 0.313 e. The molecule has 0 aromatic heterocycles. The molecule has 6 nitrogen and oxygen atoms in total. The van der Waals surface area contributed by atoms with Crippen LogP contribution in [0.25, 0.3) is 0 Å². The van der Waals surface area contributed by atoms with Crippen molar-refractivity contribution >= 4 is 25.1 Å². The lowest BCUT2D eigenvalue weighted by Gasteiger charge is -2.18. The van der Waals surface area contributed by atoms with Crippen LogP contribution in [0.1, 0.15) is 17.8 Å². The van der Waals surface area contributed by atoms with Crippen LogP contribution in [0.5, 0.6) is 0 Å². The number of thioether (sulfide) groups is 1. The molecule has 0 spiro atoms. The van der Waals surface area contributed by atoms with Crippen LogP contribution in [0.4, 0.5) is 0 Å². The normalized spacial score (nSPS) is 15.6. The summed E-state index contributed by atoms with van der Waals surface area (Å²) in [6.07, 6.45) is 0.345. The number of aliphatic hydroxyl groups is 1. The average Bonchev–Trinajstić information content (AvgIpc) is 2.42. The number of nitrogens with two attached hydrogens (primary N) is 1. The first-order valence-corrected chi connectivity index (χ1v) is 8.91. The summed E-state index contributed by atoms with van der Waals surface area (Å²) < 4.78 is 11.9. The summed E-state index contributed by atoms with van der Waals surface area (Å²) in [6, 6.07) is 6.30. The quantitative estimate of drug-likeness (QED) is 0.423. The fraction of sp³-hybridized carbons (Fsp3) is 0.417. The van der Waals surface area contributed by atoms with E-state index < -0.39 is 19.2 Å². The second-order valence-corrected chi connectivity index (χ2v) is 7.74. The Bertz CT molecular complexity index is 493. The number of aliphatic hydroxyl groups excluding tert-OH is 1. The summed E-state index contributed by atoms with van der Waals surface area (Å²) in [5.74, 6) is -2.41. The van der Waals surface area contributed by atoms with Gasteiger partial charge in [0, 0.05) is 11.1 Å². The van der Waals surface area contributed by atoms with Gasteiger partial charge in [-0.25, -0.2) is 0 Å². The third-order valence-electron chi connectivity index (χ3n) is 2.61. The minimum absolute atomic E-state index is 0.0276. The summed E-state index contributed by atoms with van der Waals surface area (Å²) in [5, 5.41) is 18.5. The van der Waals surface area contributed by atoms with E-state index in [-0.39, 0.29) is 11.9 Å². The van der Waals surface area contributed by atoms with Gasteiger partial charge in [-0.3, -0.25) is 9.36 Å². The Morgan fingerprint density at radius 1 is 1.35 bits per heavy atom. The Balaban J connectivity index is 2.72. The van der Waals surface area contributed by atoms with Crippen molar-refractivity contribution in [3.63, 3.8) is 0 Å². The Morgan fingerprint density at radius 3 is 2.45 bits per heavy atom. The zero-order valence-electron chi connectivity index (χ0n) is 10.8. The number of carbonyl (C=O) groups is 1. The number of hydrogen-bond donors (Lipinski definition) is 4. The highest BCUT2D eigenvalue weighted by atomic mass is 32.2. The number of carboxylic acid groups (broad SMARTS) is 1. The van der Waals surface area contributed by atoms with Gasteiger partial charge in [-0.15, -0.1) is 11.8 Å². The number of carboxylic acids is 1. The lowest BCUT2D eigenvalue weighted by molar-refractivity contribution is -0.133. The van der Waals surface area contributed by atoms with Crippen molar-refractivity contribution in [2.45, 2.75) is 17.2 Å². The minimum atomic E-state index is -3.69. The molecule has 2 unspecified atom stereocenters. The number of benzene rings is 1. The van der Waals surface area contributed by atoms with Gasteiger partial charge in [-0.1, -0.05) is 12.1 Å². The Labute approximate surface area is 121 Å². The lowest BCUT2D eigenvalue weighted by atomic mass is 10.2. The van der Waals surface area contributed by atoms with Gasteiger partial charge >= 0.3 is 5.97 Å². The molecule has 2 atom stereocenters. The monoisotopic (exact) mass is 319 g/mol. The van der Waals surface area contributed by atoms with Crippen molar-refractivity contribution in [2.75, 3.05) is 18.5 Å². The Morgan fingerprint density at radius 2 is 1.95 bits per heavy atom. The highest BCUT2D eigenvalue weighted by Crippen LogP contribution is 2.54. The molecule has 112 valence electrons. The number of aliphatic carboxylic acids is 1. The second-order valence-electron chi connectivity index (χ2n) is 4.25. The molecule has 0 fully saturated rings. The highest BCUT2D eigenvalue weighted by molar-refractivity contribution is 8.00. The molecule has 0 heterocycles. The topological polar surface area (TPSA) is 121 Å². The third-order valence-corrected chi connectivity index (χ3v) is 5.62. The minimum Gasteiger partial charge on any atom is -0.481 e. The largest absolute Gasteiger partial charge is 0.481 e. The molecule has 1 rings (SSSR count). The van der Waals surface area contributed by atoms with Gasteiger partial charge in [0.25, 0.3) is 0 Å². The molecule has 0 aliphatic rings. The maximum atomic E-state index is 11.9. The third kappa shape index (κ3) is 5.26. The van der Waals surface area contributed by atoms with Crippen molar-refractivity contribution in [3.8, 4) is 0 Å². The van der Waals surface area contributed by atoms with Gasteiger partial charge in [0.15, 0.2) is 5.85 Å². The molecule has 0 saturated heterocycles. The van der Waals surface area contributed by atoms with E-state index in [1.54, 1.807) is 12.1 Å². The molecule has 0 aliphatic carbocycles. The van der Waals surface area contributed by atoms with Crippen LogP contribution >= 0.6 is 19.1 Å². The highest BCUT2D eigenvalue weighted by Gasteiger charge is 2.29. The van der Waals surface area contributed by atoms with Gasteiger partial charge in [0.1, 0.15) is 0 Å². The molecule has 1 aromatic carbocycles. The van der Waals surface area contributed by atoms with Crippen molar-refractivity contribution in [1.29, 1.82) is 0 Å². The molecule has 1 aromatic rings. The van der Waals surface area contributed by atoms with Gasteiger partial charge in [0.05, 0.1) is 5.75 Å². The van der Waals surface area contributed by atoms with Crippen molar-refractivity contribution < 1.29 is 24.5 Å². The summed E-state index contributed by atoms with van der Waals surface area (Å²) in [4.78, 5) is 20.9. The first-order chi connectivity index (χ1) is 9.36. The van der Waals surface area contributed by atoms with Gasteiger partial charge in [0.2, 0.25) is 7.37 Å². The first-order valence-electron chi connectivity index (χ1n) is 6.01. The zero-order valence-corrected chi connectivity index (χ0v) is 12.5. The molecule has 0 bridgehead atoms. The van der Waals surface area contributed by atoms with E-state index in [2.05, 4.69) is 0 Å². The van der Waals surface area contributed by atoms with E-state index in [0.717, 1.165) is 16.7 Å². The summed E-state index contributed by atoms with van der Waals surface area (Å²) >= 11 is 1.14. The fourth-order valence-corrected chi connectivity index (χ4v) is 3.69. The number of rotatable bonds is 8. The summed E-state index contributed by atoms with van der Waals surface area (Å²) in [7, 11) is -3.69. The lowest BCUT2D eigenvalue weighted by Crippen LogP contribution is -2.07. The second kappa shape index (κ2) is 7.81. The van der Waals surface area contributed by atoms with E-state index in [9.17, 15) is 19.4 Å². The molecule has 20 heavy (non-hydrogen) atoms. The molecular formula is C12H18NO5PS. The van der Waals surface area contributed by atoms with E-state index in [0.29, 0.717) is 18.5 Å². The smallest absolute Gasteiger partial charge is 0.313 e. The molecule has 5 N–H and O–H groups in total. The molecular weight excluding hydrogens is 301 g/mol. The first kappa shape index (κ1) is 17.2. The average molecular weight is 319 g/mol. The zero-order chi connectivity index (χ0) is 15.2.